The average molecular weight is 624 g/mol. The molecule has 2 aliphatic rings. The Hall–Kier alpha value is -5.27. The van der Waals surface area contributed by atoms with E-state index in [9.17, 15) is 14.7 Å². The molecule has 0 spiro atoms. The van der Waals surface area contributed by atoms with Gasteiger partial charge in [-0.2, -0.15) is 5.10 Å². The first kappa shape index (κ1) is 29.4. The number of aliphatic carboxylic acids is 1. The topological polar surface area (TPSA) is 73.2 Å². The number of rotatable bonds is 8. The molecule has 1 aliphatic heterocycles. The van der Waals surface area contributed by atoms with Gasteiger partial charge in [0.15, 0.2) is 5.71 Å². The number of benzene rings is 4. The largest absolute Gasteiger partial charge is 0.476 e. The molecule has 4 aromatic carbocycles. The monoisotopic (exact) mass is 623 g/mol. The highest BCUT2D eigenvalue weighted by atomic mass is 32.1. The highest BCUT2D eigenvalue weighted by Gasteiger charge is 2.36. The number of fused-ring (bicyclic) bond motifs is 4. The van der Waals surface area contributed by atoms with E-state index in [1.54, 1.807) is 48.6 Å². The molecule has 7 rings (SSSR count). The molecule has 1 aliphatic carbocycles. The number of anilines is 3. The fraction of sp³-hybridized carbons (Fsp3) is 0.154. The van der Waals surface area contributed by atoms with Crippen LogP contribution in [0.25, 0.3) is 27.6 Å². The molecule has 0 unspecified atom stereocenters. The maximum absolute atomic E-state index is 12.1. The summed E-state index contributed by atoms with van der Waals surface area (Å²) in [6.07, 6.45) is 3.28. The van der Waals surface area contributed by atoms with Crippen LogP contribution in [0.3, 0.4) is 0 Å². The second kappa shape index (κ2) is 11.6. The maximum atomic E-state index is 12.1. The lowest BCUT2D eigenvalue weighted by molar-refractivity contribution is -0.129. The van der Waals surface area contributed by atoms with Crippen LogP contribution in [0.1, 0.15) is 42.3 Å². The number of carboxylic acid groups (broad SMARTS) is 1. The molecule has 1 aromatic heterocycles. The molecule has 1 amide bonds. The number of carboxylic acids is 1. The summed E-state index contributed by atoms with van der Waals surface area (Å²) in [5.74, 6) is -1.20. The fourth-order valence-electron chi connectivity index (χ4n) is 6.67. The number of hydrogen-bond acceptors (Lipinski definition) is 5. The Kier molecular flexibility index (Phi) is 7.41. The van der Waals surface area contributed by atoms with E-state index in [1.165, 1.54) is 39.2 Å². The van der Waals surface area contributed by atoms with Crippen molar-refractivity contribution in [3.63, 3.8) is 0 Å². The highest BCUT2D eigenvalue weighted by Crippen LogP contribution is 2.50. The quantitative estimate of drug-likeness (QED) is 0.106. The van der Waals surface area contributed by atoms with Crippen molar-refractivity contribution in [3.05, 3.63) is 130 Å². The van der Waals surface area contributed by atoms with E-state index in [0.29, 0.717) is 17.7 Å². The minimum atomic E-state index is -1.20. The normalized spacial score (nSPS) is 14.9. The first-order valence-corrected chi connectivity index (χ1v) is 16.1. The average Bonchev–Trinajstić information content (AvgIpc) is 3.77. The molecule has 0 saturated carbocycles. The predicted molar refractivity (Wildman–Crippen MR) is 188 cm³/mol. The van der Waals surface area contributed by atoms with Crippen LogP contribution in [0.15, 0.2) is 114 Å². The van der Waals surface area contributed by atoms with E-state index in [2.05, 4.69) is 90.6 Å². The second-order valence-corrected chi connectivity index (χ2v) is 13.3. The summed E-state index contributed by atoms with van der Waals surface area (Å²) in [4.78, 5) is 28.2. The molecule has 228 valence electrons. The van der Waals surface area contributed by atoms with Crippen molar-refractivity contribution in [3.8, 4) is 21.6 Å². The SMILES string of the molecule is CC(=C\c1ccc(-c2ccc3c(c2)CCN3c2ccc3c(c2)C(C)(C)c2ccccc2-3)s1)/C(=N\N(C=O)c1ccccc1)C(=O)O. The highest BCUT2D eigenvalue weighted by molar-refractivity contribution is 7.16. The van der Waals surface area contributed by atoms with Crippen molar-refractivity contribution in [2.45, 2.75) is 32.6 Å². The lowest BCUT2D eigenvalue weighted by Crippen LogP contribution is -2.22. The zero-order valence-electron chi connectivity index (χ0n) is 25.9. The van der Waals surface area contributed by atoms with Crippen LogP contribution in [-0.4, -0.2) is 29.7 Å². The third-order valence-corrected chi connectivity index (χ3v) is 10.1. The Bertz CT molecular complexity index is 2060. The molecule has 7 heteroatoms. The van der Waals surface area contributed by atoms with Crippen molar-refractivity contribution < 1.29 is 14.7 Å². The van der Waals surface area contributed by atoms with E-state index < -0.39 is 5.97 Å². The summed E-state index contributed by atoms with van der Waals surface area (Å²) in [7, 11) is 0. The van der Waals surface area contributed by atoms with Gasteiger partial charge in [-0.15, -0.1) is 11.3 Å². The number of carbonyl (C=O) groups is 2. The molecule has 1 N–H and O–H groups in total. The van der Waals surface area contributed by atoms with Crippen LogP contribution in [0.4, 0.5) is 17.1 Å². The molecule has 5 aromatic rings. The van der Waals surface area contributed by atoms with Gasteiger partial charge in [-0.3, -0.25) is 4.79 Å². The standard InChI is InChI=1S/C39H33N3O3S/c1-25(37(38(44)45)40-42(24-43)28-9-5-4-6-10-28)21-30-15-18-36(46-30)27-13-17-35-26(22-27)19-20-41(35)29-14-16-32-31-11-7-8-12-33(31)39(2,3)34(32)23-29/h4-18,21-24H,19-20H2,1-3H3,(H,44,45)/b25-21+,40-37+. The Morgan fingerprint density at radius 1 is 0.913 bits per heavy atom. The molecule has 2 heterocycles. The van der Waals surface area contributed by atoms with Crippen LogP contribution in [0.2, 0.25) is 0 Å². The van der Waals surface area contributed by atoms with Gasteiger partial charge in [0.1, 0.15) is 0 Å². The maximum Gasteiger partial charge on any atom is 0.356 e. The van der Waals surface area contributed by atoms with E-state index in [4.69, 9.17) is 0 Å². The number of hydrogen-bond donors (Lipinski definition) is 1. The molecule has 0 saturated heterocycles. The van der Waals surface area contributed by atoms with Gasteiger partial charge in [-0.1, -0.05) is 68.4 Å². The number of nitrogens with zero attached hydrogens (tertiary/aromatic N) is 3. The van der Waals surface area contributed by atoms with Crippen LogP contribution < -0.4 is 9.91 Å². The van der Waals surface area contributed by atoms with E-state index >= 15 is 0 Å². The summed E-state index contributed by atoms with van der Waals surface area (Å²) in [5.41, 5.74) is 11.1. The Labute approximate surface area is 272 Å². The van der Waals surface area contributed by atoms with Gasteiger partial charge in [0.05, 0.1) is 5.69 Å². The zero-order chi connectivity index (χ0) is 32.0. The minimum Gasteiger partial charge on any atom is -0.476 e. The van der Waals surface area contributed by atoms with E-state index in [1.807, 2.05) is 12.1 Å². The molecule has 46 heavy (non-hydrogen) atoms. The lowest BCUT2D eigenvalue weighted by atomic mass is 9.82. The van der Waals surface area contributed by atoms with Crippen molar-refractivity contribution >= 4 is 52.6 Å². The fourth-order valence-corrected chi connectivity index (χ4v) is 7.68. The molecule has 0 bridgehead atoms. The molecule has 0 atom stereocenters. The summed E-state index contributed by atoms with van der Waals surface area (Å²) in [5, 5.41) is 15.1. The minimum absolute atomic E-state index is 0.0368. The van der Waals surface area contributed by atoms with Crippen molar-refractivity contribution in [2.75, 3.05) is 16.5 Å². The Morgan fingerprint density at radius 2 is 1.67 bits per heavy atom. The third-order valence-electron chi connectivity index (χ3n) is 9.03. The number of para-hydroxylation sites is 1. The Balaban J connectivity index is 1.13. The third kappa shape index (κ3) is 5.12. The van der Waals surface area contributed by atoms with Gasteiger partial charge >= 0.3 is 5.97 Å². The summed E-state index contributed by atoms with van der Waals surface area (Å²) < 4.78 is 0. The van der Waals surface area contributed by atoms with Gasteiger partial charge in [-0.25, -0.2) is 9.80 Å². The Morgan fingerprint density at radius 3 is 2.46 bits per heavy atom. The number of hydrazone groups is 1. The van der Waals surface area contributed by atoms with Gasteiger partial charge < -0.3 is 10.0 Å². The first-order valence-electron chi connectivity index (χ1n) is 15.3. The van der Waals surface area contributed by atoms with Gasteiger partial charge in [0.25, 0.3) is 0 Å². The summed E-state index contributed by atoms with van der Waals surface area (Å²) in [6.45, 7) is 7.26. The number of carbonyl (C=O) groups excluding carboxylic acids is 1. The number of thiophene rings is 1. The van der Waals surface area contributed by atoms with Crippen LogP contribution in [0, 0.1) is 0 Å². The zero-order valence-corrected chi connectivity index (χ0v) is 26.7. The molecule has 0 radical (unpaired) electrons. The second-order valence-electron chi connectivity index (χ2n) is 12.2. The van der Waals surface area contributed by atoms with Crippen molar-refractivity contribution in [2.24, 2.45) is 5.10 Å². The molecular formula is C39H33N3O3S. The summed E-state index contributed by atoms with van der Waals surface area (Å²) in [6, 6.07) is 35.1. The predicted octanol–water partition coefficient (Wildman–Crippen LogP) is 8.92. The van der Waals surface area contributed by atoms with E-state index in [0.717, 1.165) is 33.3 Å². The smallest absolute Gasteiger partial charge is 0.356 e. The van der Waals surface area contributed by atoms with Crippen LogP contribution >= 0.6 is 11.3 Å². The van der Waals surface area contributed by atoms with E-state index in [-0.39, 0.29) is 11.1 Å². The molecule has 0 fully saturated rings. The van der Waals surface area contributed by atoms with Gasteiger partial charge in [-0.05, 0) is 107 Å². The van der Waals surface area contributed by atoms with Gasteiger partial charge in [0.2, 0.25) is 6.41 Å². The van der Waals surface area contributed by atoms with Crippen LogP contribution in [0.5, 0.6) is 0 Å². The van der Waals surface area contributed by atoms with Crippen LogP contribution in [-0.2, 0) is 21.4 Å². The first-order chi connectivity index (χ1) is 22.2. The van der Waals surface area contributed by atoms with Crippen molar-refractivity contribution in [1.82, 2.24) is 0 Å². The van der Waals surface area contributed by atoms with Crippen molar-refractivity contribution in [1.29, 1.82) is 0 Å². The molecule has 6 nitrogen and oxygen atoms in total. The summed E-state index contributed by atoms with van der Waals surface area (Å²) >= 11 is 1.59. The lowest BCUT2D eigenvalue weighted by Gasteiger charge is -2.25. The number of amides is 1. The van der Waals surface area contributed by atoms with Gasteiger partial charge in [0, 0.05) is 33.1 Å². The molecular weight excluding hydrogens is 591 g/mol.